The molecule has 0 aromatic carbocycles. The van der Waals surface area contributed by atoms with Crippen LogP contribution in [0.1, 0.15) is 116 Å². The number of hydrogen-bond acceptors (Lipinski definition) is 7. The summed E-state index contributed by atoms with van der Waals surface area (Å²) >= 11 is 0. The van der Waals surface area contributed by atoms with E-state index in [2.05, 4.69) is 6.92 Å². The van der Waals surface area contributed by atoms with Crippen LogP contribution in [0.5, 0.6) is 0 Å². The van der Waals surface area contributed by atoms with Gasteiger partial charge in [-0.15, -0.1) is 0 Å². The Hall–Kier alpha value is -1.04. The third kappa shape index (κ3) is 22.2. The number of carbonyl (C=O) groups is 2. The molecule has 32 heavy (non-hydrogen) atoms. The quantitative estimate of drug-likeness (QED) is 0.0995. The molecule has 0 spiro atoms. The van der Waals surface area contributed by atoms with Crippen molar-refractivity contribution in [2.45, 2.75) is 122 Å². The minimum Gasteiger partial charge on any atom is -0.462 e. The molecule has 0 aromatic rings. The molecule has 1 atom stereocenters. The fraction of sp³-hybridized carbons (Fsp3) is 0.917. The van der Waals surface area contributed by atoms with E-state index in [1.165, 1.54) is 44.9 Å². The van der Waals surface area contributed by atoms with E-state index in [1.807, 2.05) is 0 Å². The normalized spacial score (nSPS) is 12.1. The van der Waals surface area contributed by atoms with Gasteiger partial charge in [-0.3, -0.25) is 14.1 Å². The van der Waals surface area contributed by atoms with E-state index in [1.54, 1.807) is 0 Å². The van der Waals surface area contributed by atoms with Crippen molar-refractivity contribution in [3.05, 3.63) is 0 Å². The molecule has 0 bridgehead atoms. The minimum atomic E-state index is -0.732. The van der Waals surface area contributed by atoms with Gasteiger partial charge in [0.15, 0.2) is 6.10 Å². The first-order valence-electron chi connectivity index (χ1n) is 12.6. The fourth-order valence-corrected chi connectivity index (χ4v) is 3.66. The molecule has 2 N–H and O–H groups in total. The molecule has 188 valence electrons. The van der Waals surface area contributed by atoms with Gasteiger partial charge in [0, 0.05) is 12.8 Å². The maximum absolute atomic E-state index is 12.1. The van der Waals surface area contributed by atoms with Crippen molar-refractivity contribution < 1.29 is 28.2 Å². The molecule has 0 aliphatic heterocycles. The van der Waals surface area contributed by atoms with E-state index in [0.29, 0.717) is 12.8 Å². The van der Waals surface area contributed by atoms with Gasteiger partial charge in [-0.2, -0.15) is 0 Å². The number of rotatable bonds is 24. The van der Waals surface area contributed by atoms with Gasteiger partial charge < -0.3 is 15.2 Å². The van der Waals surface area contributed by atoms with Crippen LogP contribution in [-0.2, 0) is 28.2 Å². The lowest BCUT2D eigenvalue weighted by Gasteiger charge is -2.16. The molecule has 0 aliphatic rings. The predicted molar refractivity (Wildman–Crippen MR) is 128 cm³/mol. The Balaban J connectivity index is 3.89. The highest BCUT2D eigenvalue weighted by atomic mass is 31.1. The Morgan fingerprint density at radius 2 is 1.22 bits per heavy atom. The van der Waals surface area contributed by atoms with E-state index in [-0.39, 0.29) is 25.2 Å². The van der Waals surface area contributed by atoms with E-state index in [9.17, 15) is 14.2 Å². The number of unbranched alkanes of at least 4 members (excludes halogenated alkanes) is 13. The standard InChI is InChI=1S/C24H46NO6P/c1-2-3-4-5-6-8-12-15-18-24(27)31-22(21-30-32-28)20-29-23(26)17-14-11-9-7-10-13-16-19-25/h22H,2-21,25H2,1H3/t22-/m1/s1. The molecular formula is C24H46NO6P. The Morgan fingerprint density at radius 1 is 0.719 bits per heavy atom. The molecule has 7 nitrogen and oxygen atoms in total. The summed E-state index contributed by atoms with van der Waals surface area (Å²) in [6.07, 6.45) is 16.6. The zero-order valence-electron chi connectivity index (χ0n) is 20.2. The van der Waals surface area contributed by atoms with Crippen LogP contribution in [0.3, 0.4) is 0 Å². The molecule has 0 heterocycles. The number of nitrogens with two attached hydrogens (primary N) is 1. The highest BCUT2D eigenvalue weighted by Gasteiger charge is 2.17. The van der Waals surface area contributed by atoms with Crippen LogP contribution >= 0.6 is 8.69 Å². The summed E-state index contributed by atoms with van der Waals surface area (Å²) in [6, 6.07) is 0. The summed E-state index contributed by atoms with van der Waals surface area (Å²) in [4.78, 5) is 24.0. The van der Waals surface area contributed by atoms with Crippen molar-refractivity contribution in [3.63, 3.8) is 0 Å². The monoisotopic (exact) mass is 475 g/mol. The molecule has 8 heteroatoms. The van der Waals surface area contributed by atoms with Crippen LogP contribution in [-0.4, -0.2) is 37.8 Å². The van der Waals surface area contributed by atoms with Crippen LogP contribution in [0.4, 0.5) is 0 Å². The van der Waals surface area contributed by atoms with Gasteiger partial charge in [-0.25, -0.2) is 4.57 Å². The van der Waals surface area contributed by atoms with Crippen molar-refractivity contribution in [1.29, 1.82) is 0 Å². The Kier molecular flexibility index (Phi) is 23.8. The Labute approximate surface area is 196 Å². The largest absolute Gasteiger partial charge is 0.462 e. The average Bonchev–Trinajstić information content (AvgIpc) is 2.79. The summed E-state index contributed by atoms with van der Waals surface area (Å²) in [5.74, 6) is -0.644. The summed E-state index contributed by atoms with van der Waals surface area (Å²) in [5.41, 5.74) is 5.47. The second kappa shape index (κ2) is 24.6. The number of carbonyl (C=O) groups excluding carboxylic acids is 2. The molecule has 0 aliphatic carbocycles. The van der Waals surface area contributed by atoms with Crippen molar-refractivity contribution in [2.75, 3.05) is 19.8 Å². The zero-order chi connectivity index (χ0) is 23.7. The van der Waals surface area contributed by atoms with Crippen LogP contribution in [0.25, 0.3) is 0 Å². The number of hydrogen-bond donors (Lipinski definition) is 1. The summed E-state index contributed by atoms with van der Waals surface area (Å²) < 4.78 is 26.0. The lowest BCUT2D eigenvalue weighted by Crippen LogP contribution is -2.28. The number of esters is 2. The highest BCUT2D eigenvalue weighted by molar-refractivity contribution is 7.17. The Bertz CT molecular complexity index is 464. The second-order valence-corrected chi connectivity index (χ2v) is 8.81. The molecule has 0 saturated carbocycles. The van der Waals surface area contributed by atoms with Crippen LogP contribution in [0.15, 0.2) is 0 Å². The molecular weight excluding hydrogens is 429 g/mol. The van der Waals surface area contributed by atoms with Crippen molar-refractivity contribution in [3.8, 4) is 0 Å². The van der Waals surface area contributed by atoms with E-state index in [0.717, 1.165) is 57.9 Å². The van der Waals surface area contributed by atoms with Crippen LogP contribution < -0.4 is 5.73 Å². The van der Waals surface area contributed by atoms with E-state index < -0.39 is 14.8 Å². The Morgan fingerprint density at radius 3 is 1.75 bits per heavy atom. The van der Waals surface area contributed by atoms with Crippen LogP contribution in [0.2, 0.25) is 0 Å². The summed E-state index contributed by atoms with van der Waals surface area (Å²) in [5, 5.41) is 0. The smallest absolute Gasteiger partial charge is 0.327 e. The van der Waals surface area contributed by atoms with E-state index >= 15 is 0 Å². The third-order valence-electron chi connectivity index (χ3n) is 5.36. The maximum Gasteiger partial charge on any atom is 0.327 e. The predicted octanol–water partition coefficient (Wildman–Crippen LogP) is 6.28. The zero-order valence-corrected chi connectivity index (χ0v) is 21.1. The minimum absolute atomic E-state index is 0.0652. The first kappa shape index (κ1) is 31.0. The first-order chi connectivity index (χ1) is 15.6. The second-order valence-electron chi connectivity index (χ2n) is 8.40. The van der Waals surface area contributed by atoms with Gasteiger partial charge in [0.25, 0.3) is 0 Å². The fourth-order valence-electron chi connectivity index (χ4n) is 3.43. The molecule has 0 fully saturated rings. The van der Waals surface area contributed by atoms with Crippen molar-refractivity contribution in [2.24, 2.45) is 5.73 Å². The summed E-state index contributed by atoms with van der Waals surface area (Å²) in [6.45, 7) is 2.82. The van der Waals surface area contributed by atoms with Crippen molar-refractivity contribution >= 4 is 20.6 Å². The molecule has 0 unspecified atom stereocenters. The van der Waals surface area contributed by atoms with Crippen molar-refractivity contribution in [1.82, 2.24) is 0 Å². The third-order valence-corrected chi connectivity index (χ3v) is 5.62. The highest BCUT2D eigenvalue weighted by Crippen LogP contribution is 2.12. The van der Waals surface area contributed by atoms with Crippen LogP contribution in [0, 0.1) is 0 Å². The first-order valence-corrected chi connectivity index (χ1v) is 13.4. The molecule has 0 saturated heterocycles. The summed E-state index contributed by atoms with van der Waals surface area (Å²) in [7, 11) is -0.491. The van der Waals surface area contributed by atoms with Gasteiger partial charge in [0.2, 0.25) is 0 Å². The van der Waals surface area contributed by atoms with E-state index in [4.69, 9.17) is 19.7 Å². The van der Waals surface area contributed by atoms with Gasteiger partial charge in [0.1, 0.15) is 13.2 Å². The maximum atomic E-state index is 12.1. The lowest BCUT2D eigenvalue weighted by atomic mass is 10.1. The van der Waals surface area contributed by atoms with Gasteiger partial charge >= 0.3 is 20.6 Å². The molecule has 0 radical (unpaired) electrons. The average molecular weight is 476 g/mol. The lowest BCUT2D eigenvalue weighted by molar-refractivity contribution is -0.160. The molecule has 0 amide bonds. The van der Waals surface area contributed by atoms with Gasteiger partial charge in [-0.1, -0.05) is 84.0 Å². The SMILES string of the molecule is CCCCCCCCCCC(=O)O[C@@H](COP=O)COC(=O)CCCCCCCCCN. The molecule has 0 rings (SSSR count). The number of ether oxygens (including phenoxy) is 2. The topological polar surface area (TPSA) is 105 Å². The van der Waals surface area contributed by atoms with Gasteiger partial charge in [-0.05, 0) is 25.8 Å². The molecule has 0 aromatic heterocycles. The van der Waals surface area contributed by atoms with Gasteiger partial charge in [0.05, 0.1) is 0 Å².